The van der Waals surface area contributed by atoms with E-state index < -0.39 is 0 Å². The summed E-state index contributed by atoms with van der Waals surface area (Å²) < 4.78 is 5.86. The van der Waals surface area contributed by atoms with Gasteiger partial charge in [0.05, 0.1) is 11.4 Å². The average Bonchev–Trinajstić information content (AvgIpc) is 2.43. The Labute approximate surface area is 111 Å². The number of ether oxygens (including phenoxy) is 1. The first-order chi connectivity index (χ1) is 8.88. The third kappa shape index (κ3) is 1.91. The third-order valence-electron chi connectivity index (χ3n) is 2.83. The summed E-state index contributed by atoms with van der Waals surface area (Å²) in [6.45, 7) is 0.630. The van der Waals surface area contributed by atoms with Crippen molar-refractivity contribution >= 4 is 29.1 Å². The van der Waals surface area contributed by atoms with Crippen LogP contribution in [0.15, 0.2) is 42.5 Å². The SMILES string of the molecule is S=[C]NCc1cccc2c1Nc1ccccc1O2. The quantitative estimate of drug-likeness (QED) is 0.554. The van der Waals surface area contributed by atoms with Crippen molar-refractivity contribution in [2.24, 2.45) is 0 Å². The van der Waals surface area contributed by atoms with Gasteiger partial charge in [0, 0.05) is 6.54 Å². The van der Waals surface area contributed by atoms with Gasteiger partial charge < -0.3 is 15.4 Å². The molecule has 0 spiro atoms. The van der Waals surface area contributed by atoms with Crippen LogP contribution in [0.4, 0.5) is 11.4 Å². The number of anilines is 2. The highest BCUT2D eigenvalue weighted by atomic mass is 32.1. The van der Waals surface area contributed by atoms with Gasteiger partial charge in [-0.1, -0.05) is 36.5 Å². The van der Waals surface area contributed by atoms with Gasteiger partial charge >= 0.3 is 0 Å². The van der Waals surface area contributed by atoms with Crippen LogP contribution in [0.2, 0.25) is 0 Å². The predicted molar refractivity (Wildman–Crippen MR) is 75.7 cm³/mol. The predicted octanol–water partition coefficient (Wildman–Crippen LogP) is 3.46. The lowest BCUT2D eigenvalue weighted by Gasteiger charge is -2.23. The molecule has 1 radical (unpaired) electrons. The van der Waals surface area contributed by atoms with Gasteiger partial charge in [0.25, 0.3) is 0 Å². The van der Waals surface area contributed by atoms with Gasteiger partial charge in [-0.25, -0.2) is 0 Å². The van der Waals surface area contributed by atoms with Crippen molar-refractivity contribution in [3.63, 3.8) is 0 Å². The van der Waals surface area contributed by atoms with Crippen molar-refractivity contribution in [1.29, 1.82) is 0 Å². The molecule has 3 nitrogen and oxygen atoms in total. The fraction of sp³-hybridized carbons (Fsp3) is 0.0714. The Hall–Kier alpha value is -2.07. The molecular formula is C14H11N2OS. The Kier molecular flexibility index (Phi) is 2.86. The number of fused-ring (bicyclic) bond motifs is 2. The summed E-state index contributed by atoms with van der Waals surface area (Å²) in [5.41, 5.74) is 5.56. The van der Waals surface area contributed by atoms with Crippen molar-refractivity contribution in [2.45, 2.75) is 6.54 Å². The number of para-hydroxylation sites is 3. The first-order valence-corrected chi connectivity index (χ1v) is 6.05. The minimum absolute atomic E-state index is 0.630. The lowest BCUT2D eigenvalue weighted by atomic mass is 10.1. The molecule has 0 amide bonds. The summed E-state index contributed by atoms with van der Waals surface area (Å²) in [4.78, 5) is 0. The molecule has 1 aliphatic heterocycles. The smallest absolute Gasteiger partial charge is 0.151 e. The standard InChI is InChI=1S/C14H11N2OS/c18-9-15-8-10-4-3-7-13-14(10)16-11-5-1-2-6-12(11)17-13/h1-7,16H,8H2,(H,15,18). The van der Waals surface area contributed by atoms with E-state index in [4.69, 9.17) is 4.74 Å². The molecule has 0 atom stereocenters. The zero-order chi connectivity index (χ0) is 12.4. The fourth-order valence-corrected chi connectivity index (χ4v) is 2.07. The molecule has 0 bridgehead atoms. The van der Waals surface area contributed by atoms with Crippen molar-refractivity contribution < 1.29 is 4.74 Å². The van der Waals surface area contributed by atoms with Crippen LogP contribution in [0.25, 0.3) is 0 Å². The van der Waals surface area contributed by atoms with Crippen LogP contribution in [0, 0.1) is 0 Å². The number of rotatable bonds is 3. The van der Waals surface area contributed by atoms with Crippen molar-refractivity contribution in [3.8, 4) is 11.5 Å². The molecule has 2 aromatic carbocycles. The van der Waals surface area contributed by atoms with E-state index in [2.05, 4.69) is 28.3 Å². The van der Waals surface area contributed by atoms with E-state index in [0.717, 1.165) is 28.4 Å². The van der Waals surface area contributed by atoms with E-state index in [1.807, 2.05) is 42.5 Å². The maximum atomic E-state index is 5.86. The van der Waals surface area contributed by atoms with Crippen molar-refractivity contribution in [1.82, 2.24) is 5.32 Å². The van der Waals surface area contributed by atoms with Gasteiger partial charge in [-0.15, -0.1) is 0 Å². The number of hydrogen-bond acceptors (Lipinski definition) is 3. The molecule has 89 valence electrons. The van der Waals surface area contributed by atoms with Crippen molar-refractivity contribution in [2.75, 3.05) is 5.32 Å². The zero-order valence-corrected chi connectivity index (χ0v) is 10.4. The molecule has 2 N–H and O–H groups in total. The second-order valence-corrected chi connectivity index (χ2v) is 4.17. The molecule has 1 heterocycles. The highest BCUT2D eigenvalue weighted by Crippen LogP contribution is 2.43. The molecule has 4 heteroatoms. The molecule has 0 saturated heterocycles. The molecule has 3 rings (SSSR count). The van der Waals surface area contributed by atoms with Gasteiger partial charge in [-0.2, -0.15) is 0 Å². The number of nitrogens with one attached hydrogen (secondary N) is 2. The van der Waals surface area contributed by atoms with E-state index in [9.17, 15) is 0 Å². The van der Waals surface area contributed by atoms with Gasteiger partial charge in [0.2, 0.25) is 0 Å². The summed E-state index contributed by atoms with van der Waals surface area (Å²) >= 11 is 4.66. The summed E-state index contributed by atoms with van der Waals surface area (Å²) in [5, 5.41) is 6.30. The van der Waals surface area contributed by atoms with Crippen molar-refractivity contribution in [3.05, 3.63) is 48.0 Å². The topological polar surface area (TPSA) is 33.3 Å². The monoisotopic (exact) mass is 255 g/mol. The maximum Gasteiger partial charge on any atom is 0.151 e. The zero-order valence-electron chi connectivity index (χ0n) is 9.57. The van der Waals surface area contributed by atoms with E-state index in [-0.39, 0.29) is 0 Å². The van der Waals surface area contributed by atoms with Crippen LogP contribution in [0.5, 0.6) is 11.5 Å². The van der Waals surface area contributed by atoms with Crippen LogP contribution in [-0.4, -0.2) is 5.49 Å². The lowest BCUT2D eigenvalue weighted by molar-refractivity contribution is 0.480. The van der Waals surface area contributed by atoms with E-state index in [1.54, 1.807) is 0 Å². The Morgan fingerprint density at radius 2 is 1.94 bits per heavy atom. The summed E-state index contributed by atoms with van der Waals surface area (Å²) in [7, 11) is 0. The molecule has 0 aliphatic carbocycles. The van der Waals surface area contributed by atoms with Crippen LogP contribution < -0.4 is 15.4 Å². The van der Waals surface area contributed by atoms with Crippen LogP contribution in [0.1, 0.15) is 5.56 Å². The van der Waals surface area contributed by atoms with Crippen LogP contribution >= 0.6 is 12.2 Å². The Bertz CT molecular complexity index is 598. The molecule has 1 aliphatic rings. The number of benzene rings is 2. The molecule has 0 unspecified atom stereocenters. The van der Waals surface area contributed by atoms with E-state index in [0.29, 0.717) is 6.54 Å². The third-order valence-corrected chi connectivity index (χ3v) is 2.97. The second-order valence-electron chi connectivity index (χ2n) is 3.97. The van der Waals surface area contributed by atoms with Gasteiger partial charge in [-0.3, -0.25) is 0 Å². The number of hydrogen-bond donors (Lipinski definition) is 2. The van der Waals surface area contributed by atoms with E-state index >= 15 is 0 Å². The maximum absolute atomic E-state index is 5.86. The molecule has 0 aromatic heterocycles. The molecular weight excluding hydrogens is 244 g/mol. The molecule has 0 fully saturated rings. The Morgan fingerprint density at radius 1 is 1.11 bits per heavy atom. The highest BCUT2D eigenvalue weighted by Gasteiger charge is 2.18. The molecule has 2 aromatic rings. The minimum Gasteiger partial charge on any atom is -0.453 e. The lowest BCUT2D eigenvalue weighted by Crippen LogP contribution is -2.12. The fourth-order valence-electron chi connectivity index (χ4n) is 1.99. The summed E-state index contributed by atoms with van der Waals surface area (Å²) in [6, 6.07) is 13.8. The second kappa shape index (κ2) is 4.66. The summed E-state index contributed by atoms with van der Waals surface area (Å²) in [6.07, 6.45) is 0. The first kappa shape index (κ1) is 11.0. The first-order valence-electron chi connectivity index (χ1n) is 5.64. The van der Waals surface area contributed by atoms with E-state index in [1.165, 1.54) is 0 Å². The van der Waals surface area contributed by atoms with Crippen LogP contribution in [-0.2, 0) is 6.54 Å². The van der Waals surface area contributed by atoms with Gasteiger partial charge in [0.15, 0.2) is 11.5 Å². The average molecular weight is 255 g/mol. The Morgan fingerprint density at radius 3 is 2.83 bits per heavy atom. The largest absolute Gasteiger partial charge is 0.453 e. The Balaban J connectivity index is 1.99. The minimum atomic E-state index is 0.630. The van der Waals surface area contributed by atoms with Crippen LogP contribution in [0.3, 0.4) is 0 Å². The normalized spacial score (nSPS) is 11.6. The number of thiocarbonyl (C=S) groups is 1. The molecule has 18 heavy (non-hydrogen) atoms. The summed E-state index contributed by atoms with van der Waals surface area (Å²) in [5.74, 6) is 1.67. The van der Waals surface area contributed by atoms with Gasteiger partial charge in [0.1, 0.15) is 5.49 Å². The molecule has 0 saturated carbocycles. The van der Waals surface area contributed by atoms with Gasteiger partial charge in [-0.05, 0) is 23.8 Å². The highest BCUT2D eigenvalue weighted by molar-refractivity contribution is 7.78.